The first-order valence-electron chi connectivity index (χ1n) is 7.23. The standard InChI is InChI=1S/C14H16N4O6S2.ClH/c15-8-9-16-25(21,22)14-3-1-2-11(10-14)17-26(23,24)13-6-4-12(5-7-13)18(19)20;/h1-7,10,16-17H,8-9,15H2;1H. The number of benzene rings is 2. The lowest BCUT2D eigenvalue weighted by Gasteiger charge is -2.10. The van der Waals surface area contributed by atoms with Crippen LogP contribution in [-0.4, -0.2) is 34.8 Å². The van der Waals surface area contributed by atoms with Crippen molar-refractivity contribution in [1.29, 1.82) is 0 Å². The Kier molecular flexibility index (Phi) is 7.68. The van der Waals surface area contributed by atoms with Crippen LogP contribution in [0, 0.1) is 10.1 Å². The number of hydrogen-bond donors (Lipinski definition) is 3. The molecular formula is C14H17ClN4O6S2. The van der Waals surface area contributed by atoms with Crippen molar-refractivity contribution in [3.8, 4) is 0 Å². The topological polar surface area (TPSA) is 162 Å². The van der Waals surface area contributed by atoms with Crippen LogP contribution in [0.2, 0.25) is 0 Å². The average molecular weight is 437 g/mol. The molecule has 148 valence electrons. The van der Waals surface area contributed by atoms with Gasteiger partial charge in [0.25, 0.3) is 15.7 Å². The molecule has 0 radical (unpaired) electrons. The normalized spacial score (nSPS) is 11.4. The van der Waals surface area contributed by atoms with Gasteiger partial charge < -0.3 is 5.73 Å². The van der Waals surface area contributed by atoms with E-state index in [0.717, 1.165) is 30.3 Å². The summed E-state index contributed by atoms with van der Waals surface area (Å²) in [6.45, 7) is 0.160. The molecule has 0 aliphatic carbocycles. The molecule has 0 amide bonds. The average Bonchev–Trinajstić information content (AvgIpc) is 2.60. The molecule has 0 bridgehead atoms. The molecule has 0 spiro atoms. The Morgan fingerprint density at radius 3 is 2.15 bits per heavy atom. The largest absolute Gasteiger partial charge is 0.329 e. The number of halogens is 1. The quantitative estimate of drug-likeness (QED) is 0.411. The summed E-state index contributed by atoms with van der Waals surface area (Å²) in [7, 11) is -7.86. The molecule has 4 N–H and O–H groups in total. The number of nitrogens with one attached hydrogen (secondary N) is 2. The van der Waals surface area contributed by atoms with E-state index in [-0.39, 0.29) is 46.7 Å². The fourth-order valence-corrected chi connectivity index (χ4v) is 4.11. The second kappa shape index (κ2) is 9.10. The van der Waals surface area contributed by atoms with Crippen molar-refractivity contribution in [2.45, 2.75) is 9.79 Å². The molecule has 13 heteroatoms. The highest BCUT2D eigenvalue weighted by molar-refractivity contribution is 7.92. The molecule has 0 unspecified atom stereocenters. The molecule has 27 heavy (non-hydrogen) atoms. The van der Waals surface area contributed by atoms with Crippen molar-refractivity contribution >= 4 is 43.8 Å². The van der Waals surface area contributed by atoms with Crippen LogP contribution in [0.3, 0.4) is 0 Å². The van der Waals surface area contributed by atoms with Crippen LogP contribution >= 0.6 is 12.4 Å². The van der Waals surface area contributed by atoms with E-state index in [1.807, 2.05) is 0 Å². The monoisotopic (exact) mass is 436 g/mol. The molecule has 0 aromatic heterocycles. The Bertz CT molecular complexity index is 1010. The van der Waals surface area contributed by atoms with E-state index in [1.165, 1.54) is 18.2 Å². The van der Waals surface area contributed by atoms with Crippen LogP contribution in [0.1, 0.15) is 0 Å². The molecule has 2 rings (SSSR count). The zero-order chi connectivity index (χ0) is 19.4. The molecular weight excluding hydrogens is 420 g/mol. The van der Waals surface area contributed by atoms with Gasteiger partial charge in [0.2, 0.25) is 10.0 Å². The van der Waals surface area contributed by atoms with Gasteiger partial charge >= 0.3 is 0 Å². The first-order chi connectivity index (χ1) is 12.2. The lowest BCUT2D eigenvalue weighted by Crippen LogP contribution is -2.29. The smallest absolute Gasteiger partial charge is 0.269 e. The molecule has 0 aliphatic rings. The van der Waals surface area contributed by atoms with Gasteiger partial charge in [-0.2, -0.15) is 0 Å². The third-order valence-electron chi connectivity index (χ3n) is 3.19. The van der Waals surface area contributed by atoms with E-state index in [2.05, 4.69) is 9.44 Å². The summed E-state index contributed by atoms with van der Waals surface area (Å²) in [5.41, 5.74) is 5.04. The van der Waals surface area contributed by atoms with Gasteiger partial charge in [-0.3, -0.25) is 14.8 Å². The van der Waals surface area contributed by atoms with Crippen molar-refractivity contribution in [3.05, 3.63) is 58.6 Å². The molecule has 2 aromatic rings. The molecule has 10 nitrogen and oxygen atoms in total. The fourth-order valence-electron chi connectivity index (χ4n) is 1.96. The number of nitrogens with zero attached hydrogens (tertiary/aromatic N) is 1. The third kappa shape index (κ3) is 5.87. The molecule has 2 aromatic carbocycles. The van der Waals surface area contributed by atoms with Gasteiger partial charge in [-0.15, -0.1) is 12.4 Å². The zero-order valence-corrected chi connectivity index (χ0v) is 16.2. The first kappa shape index (κ1) is 22.8. The first-order valence-corrected chi connectivity index (χ1v) is 10.2. The van der Waals surface area contributed by atoms with E-state index in [9.17, 15) is 26.9 Å². The number of non-ortho nitro benzene ring substituents is 1. The highest BCUT2D eigenvalue weighted by Crippen LogP contribution is 2.21. The number of nitro benzene ring substituents is 1. The summed E-state index contributed by atoms with van der Waals surface area (Å²) in [4.78, 5) is 9.66. The van der Waals surface area contributed by atoms with Crippen molar-refractivity contribution in [1.82, 2.24) is 4.72 Å². The highest BCUT2D eigenvalue weighted by Gasteiger charge is 2.18. The predicted molar refractivity (Wildman–Crippen MR) is 102 cm³/mol. The number of nitrogens with two attached hydrogens (primary N) is 1. The summed E-state index contributed by atoms with van der Waals surface area (Å²) >= 11 is 0. The minimum absolute atomic E-state index is 0. The Hall–Kier alpha value is -2.25. The Balaban J connectivity index is 0.00000364. The van der Waals surface area contributed by atoms with E-state index < -0.39 is 25.0 Å². The van der Waals surface area contributed by atoms with Crippen LogP contribution < -0.4 is 15.2 Å². The Labute approximate surface area is 162 Å². The molecule has 0 heterocycles. The maximum Gasteiger partial charge on any atom is 0.269 e. The summed E-state index contributed by atoms with van der Waals surface area (Å²) in [6.07, 6.45) is 0. The summed E-state index contributed by atoms with van der Waals surface area (Å²) in [5, 5.41) is 10.6. The second-order valence-electron chi connectivity index (χ2n) is 5.07. The van der Waals surface area contributed by atoms with Crippen LogP contribution in [0.5, 0.6) is 0 Å². The lowest BCUT2D eigenvalue weighted by molar-refractivity contribution is -0.384. The molecule has 0 aliphatic heterocycles. The lowest BCUT2D eigenvalue weighted by atomic mass is 10.3. The van der Waals surface area contributed by atoms with Crippen LogP contribution in [-0.2, 0) is 20.0 Å². The number of anilines is 1. The van der Waals surface area contributed by atoms with Crippen molar-refractivity contribution in [2.24, 2.45) is 5.73 Å². The minimum atomic E-state index is -4.04. The van der Waals surface area contributed by atoms with Gasteiger partial charge in [-0.05, 0) is 30.3 Å². The maximum absolute atomic E-state index is 12.4. The summed E-state index contributed by atoms with van der Waals surface area (Å²) in [6, 6.07) is 9.52. The SMILES string of the molecule is Cl.NCCNS(=O)(=O)c1cccc(NS(=O)(=O)c2ccc([N+](=O)[O-])cc2)c1. The molecule has 0 saturated carbocycles. The van der Waals surface area contributed by atoms with Gasteiger partial charge in [0, 0.05) is 25.2 Å². The van der Waals surface area contributed by atoms with Gasteiger partial charge in [0.15, 0.2) is 0 Å². The van der Waals surface area contributed by atoms with Gasteiger partial charge in [0.05, 0.1) is 20.4 Å². The summed E-state index contributed by atoms with van der Waals surface area (Å²) in [5.74, 6) is 0. The van der Waals surface area contributed by atoms with E-state index in [4.69, 9.17) is 5.73 Å². The fraction of sp³-hybridized carbons (Fsp3) is 0.143. The van der Waals surface area contributed by atoms with Crippen LogP contribution in [0.4, 0.5) is 11.4 Å². The maximum atomic E-state index is 12.4. The molecule has 0 atom stereocenters. The number of nitro groups is 1. The Morgan fingerprint density at radius 1 is 0.963 bits per heavy atom. The Morgan fingerprint density at radius 2 is 1.59 bits per heavy atom. The second-order valence-corrected chi connectivity index (χ2v) is 8.52. The van der Waals surface area contributed by atoms with Crippen LogP contribution in [0.15, 0.2) is 58.3 Å². The van der Waals surface area contributed by atoms with E-state index in [0.29, 0.717) is 0 Å². The predicted octanol–water partition coefficient (Wildman–Crippen LogP) is 1.05. The van der Waals surface area contributed by atoms with Crippen LogP contribution in [0.25, 0.3) is 0 Å². The van der Waals surface area contributed by atoms with Crippen molar-refractivity contribution in [3.63, 3.8) is 0 Å². The number of rotatable bonds is 8. The van der Waals surface area contributed by atoms with Crippen molar-refractivity contribution in [2.75, 3.05) is 17.8 Å². The van der Waals surface area contributed by atoms with Gasteiger partial charge in [0.1, 0.15) is 0 Å². The van der Waals surface area contributed by atoms with Gasteiger partial charge in [-0.25, -0.2) is 21.6 Å². The van der Waals surface area contributed by atoms with E-state index >= 15 is 0 Å². The zero-order valence-electron chi connectivity index (χ0n) is 13.7. The number of sulfonamides is 2. The summed E-state index contributed by atoms with van der Waals surface area (Å²) < 4.78 is 53.4. The number of hydrogen-bond acceptors (Lipinski definition) is 7. The minimum Gasteiger partial charge on any atom is -0.329 e. The third-order valence-corrected chi connectivity index (χ3v) is 6.05. The highest BCUT2D eigenvalue weighted by atomic mass is 35.5. The van der Waals surface area contributed by atoms with Crippen molar-refractivity contribution < 1.29 is 21.8 Å². The van der Waals surface area contributed by atoms with E-state index in [1.54, 1.807) is 0 Å². The van der Waals surface area contributed by atoms with Gasteiger partial charge in [-0.1, -0.05) is 6.07 Å². The molecule has 0 saturated heterocycles. The molecule has 0 fully saturated rings.